The highest BCUT2D eigenvalue weighted by atomic mass is 32.2. The van der Waals surface area contributed by atoms with Crippen LogP contribution in [0.4, 0.5) is 4.39 Å². The van der Waals surface area contributed by atoms with Gasteiger partial charge >= 0.3 is 0 Å². The Bertz CT molecular complexity index is 1350. The van der Waals surface area contributed by atoms with Gasteiger partial charge in [0.05, 0.1) is 32.3 Å². The summed E-state index contributed by atoms with van der Waals surface area (Å²) in [7, 11) is -1.34. The van der Waals surface area contributed by atoms with E-state index in [0.717, 1.165) is 5.56 Å². The van der Waals surface area contributed by atoms with Crippen molar-refractivity contribution in [2.75, 3.05) is 27.4 Å². The summed E-state index contributed by atoms with van der Waals surface area (Å²) in [4.78, 5) is 0. The Hall–Kier alpha value is -2.86. The van der Waals surface area contributed by atoms with Gasteiger partial charge in [0, 0.05) is 18.7 Å². The molecule has 1 saturated heterocycles. The summed E-state index contributed by atoms with van der Waals surface area (Å²) in [5, 5.41) is 9.19. The predicted molar refractivity (Wildman–Crippen MR) is 149 cm³/mol. The number of rotatable bonds is 13. The zero-order chi connectivity index (χ0) is 28.9. The molecule has 0 aromatic heterocycles. The van der Waals surface area contributed by atoms with Crippen molar-refractivity contribution in [1.29, 1.82) is 0 Å². The van der Waals surface area contributed by atoms with Crippen LogP contribution in [0.5, 0.6) is 5.75 Å². The van der Waals surface area contributed by atoms with Crippen molar-refractivity contribution in [3.05, 3.63) is 101 Å². The average molecular weight is 574 g/mol. The van der Waals surface area contributed by atoms with E-state index in [2.05, 4.69) is 0 Å². The Kier molecular flexibility index (Phi) is 9.60. The number of aliphatic hydroxyl groups is 1. The van der Waals surface area contributed by atoms with Crippen LogP contribution in [0.15, 0.2) is 78.9 Å². The molecule has 3 aromatic carbocycles. The maximum atomic E-state index is 15.6. The molecule has 3 atom stereocenters. The molecule has 1 aliphatic rings. The SMILES string of the molecule is COc1ccc(C(C)N(C)S(=O)(=O)C(CO)C(COCc2ccccc2)(c2ccccc2F)C2OC(C)O2)cc1. The minimum Gasteiger partial charge on any atom is -0.497 e. The fourth-order valence-corrected chi connectivity index (χ4v) is 7.07. The smallest absolute Gasteiger partial charge is 0.220 e. The van der Waals surface area contributed by atoms with E-state index >= 15 is 4.39 Å². The van der Waals surface area contributed by atoms with E-state index in [1.165, 1.54) is 29.6 Å². The van der Waals surface area contributed by atoms with E-state index in [0.29, 0.717) is 11.3 Å². The number of halogens is 1. The number of hydrogen-bond acceptors (Lipinski definition) is 7. The molecule has 0 amide bonds. The Morgan fingerprint density at radius 3 is 2.23 bits per heavy atom. The Morgan fingerprint density at radius 1 is 1.02 bits per heavy atom. The van der Waals surface area contributed by atoms with Crippen molar-refractivity contribution in [3.63, 3.8) is 0 Å². The highest BCUT2D eigenvalue weighted by molar-refractivity contribution is 7.89. The number of aliphatic hydroxyl groups excluding tert-OH is 1. The summed E-state index contributed by atoms with van der Waals surface area (Å²) in [6, 6.07) is 21.6. The maximum Gasteiger partial charge on any atom is 0.220 e. The van der Waals surface area contributed by atoms with Crippen LogP contribution in [0.3, 0.4) is 0 Å². The minimum atomic E-state index is -4.33. The molecule has 0 radical (unpaired) electrons. The number of ether oxygens (including phenoxy) is 4. The summed E-state index contributed by atoms with van der Waals surface area (Å²) in [6.07, 6.45) is -1.82. The molecule has 3 aromatic rings. The molecule has 0 spiro atoms. The molecule has 8 nitrogen and oxygen atoms in total. The first kappa shape index (κ1) is 30.1. The van der Waals surface area contributed by atoms with Gasteiger partial charge in [-0.15, -0.1) is 0 Å². The van der Waals surface area contributed by atoms with E-state index in [1.54, 1.807) is 51.3 Å². The normalized spacial score (nSPS) is 20.4. The highest BCUT2D eigenvalue weighted by Crippen LogP contribution is 2.45. The second-order valence-corrected chi connectivity index (χ2v) is 12.0. The van der Waals surface area contributed by atoms with Gasteiger partial charge in [-0.25, -0.2) is 12.8 Å². The third kappa shape index (κ3) is 5.93. The first-order valence-corrected chi connectivity index (χ1v) is 14.5. The minimum absolute atomic E-state index is 0.0214. The van der Waals surface area contributed by atoms with Crippen molar-refractivity contribution in [2.45, 2.75) is 49.7 Å². The zero-order valence-electron chi connectivity index (χ0n) is 23.1. The zero-order valence-corrected chi connectivity index (χ0v) is 23.9. The molecule has 1 N–H and O–H groups in total. The summed E-state index contributed by atoms with van der Waals surface area (Å²) < 4.78 is 68.5. The first-order valence-electron chi connectivity index (χ1n) is 13.0. The van der Waals surface area contributed by atoms with Crippen LogP contribution < -0.4 is 4.74 Å². The Morgan fingerprint density at radius 2 is 1.65 bits per heavy atom. The number of nitrogens with zero attached hydrogens (tertiary/aromatic N) is 1. The van der Waals surface area contributed by atoms with Crippen LogP contribution >= 0.6 is 0 Å². The first-order chi connectivity index (χ1) is 19.1. The Balaban J connectivity index is 1.77. The van der Waals surface area contributed by atoms with Gasteiger partial charge in [0.1, 0.15) is 16.8 Å². The fourth-order valence-electron chi connectivity index (χ4n) is 5.08. The van der Waals surface area contributed by atoms with E-state index < -0.39 is 51.7 Å². The highest BCUT2D eigenvalue weighted by Gasteiger charge is 2.59. The van der Waals surface area contributed by atoms with Crippen LogP contribution in [-0.4, -0.2) is 63.0 Å². The van der Waals surface area contributed by atoms with Crippen molar-refractivity contribution in [3.8, 4) is 5.75 Å². The average Bonchev–Trinajstić information content (AvgIpc) is 2.95. The lowest BCUT2D eigenvalue weighted by atomic mass is 9.76. The molecule has 4 rings (SSSR count). The molecular weight excluding hydrogens is 537 g/mol. The lowest BCUT2D eigenvalue weighted by Crippen LogP contribution is -2.65. The van der Waals surface area contributed by atoms with E-state index in [-0.39, 0.29) is 18.8 Å². The van der Waals surface area contributed by atoms with Gasteiger partial charge in [0.25, 0.3) is 0 Å². The molecule has 0 saturated carbocycles. The molecule has 40 heavy (non-hydrogen) atoms. The van der Waals surface area contributed by atoms with E-state index in [9.17, 15) is 13.5 Å². The van der Waals surface area contributed by atoms with Crippen LogP contribution in [0.2, 0.25) is 0 Å². The van der Waals surface area contributed by atoms with Gasteiger partial charge in [-0.05, 0) is 43.2 Å². The van der Waals surface area contributed by atoms with Gasteiger partial charge in [0.15, 0.2) is 12.6 Å². The maximum absolute atomic E-state index is 15.6. The van der Waals surface area contributed by atoms with Crippen molar-refractivity contribution in [2.24, 2.45) is 0 Å². The lowest BCUT2D eigenvalue weighted by molar-refractivity contribution is -0.401. The Labute approximate surface area is 235 Å². The standard InChI is InChI=1S/C30H36FNO7S/c1-21(24-14-16-25(36-4)17-15-24)32(3)40(34,35)28(18-33)30(29-38-22(2)39-29,26-12-8-9-13-27(26)31)20-37-19-23-10-6-5-7-11-23/h5-17,21-22,28-29,33H,18-20H2,1-4H3. The van der Waals surface area contributed by atoms with Gasteiger partial charge < -0.3 is 24.1 Å². The molecule has 0 bridgehead atoms. The van der Waals surface area contributed by atoms with E-state index in [1.807, 2.05) is 30.3 Å². The number of sulfonamides is 1. The van der Waals surface area contributed by atoms with Crippen LogP contribution in [0, 0.1) is 5.82 Å². The molecule has 216 valence electrons. The third-order valence-electron chi connectivity index (χ3n) is 7.52. The predicted octanol–water partition coefficient (Wildman–Crippen LogP) is 4.39. The molecule has 10 heteroatoms. The molecule has 1 fully saturated rings. The lowest BCUT2D eigenvalue weighted by Gasteiger charge is -2.51. The topological polar surface area (TPSA) is 94.5 Å². The quantitative estimate of drug-likeness (QED) is 0.324. The largest absolute Gasteiger partial charge is 0.497 e. The van der Waals surface area contributed by atoms with Gasteiger partial charge in [-0.1, -0.05) is 60.7 Å². The molecule has 1 aliphatic heterocycles. The van der Waals surface area contributed by atoms with Crippen molar-refractivity contribution < 1.29 is 36.9 Å². The second-order valence-electron chi connectivity index (χ2n) is 9.85. The van der Waals surface area contributed by atoms with Crippen molar-refractivity contribution >= 4 is 10.0 Å². The monoisotopic (exact) mass is 573 g/mol. The number of hydrogen-bond donors (Lipinski definition) is 1. The van der Waals surface area contributed by atoms with Crippen LogP contribution in [0.1, 0.15) is 36.6 Å². The third-order valence-corrected chi connectivity index (χ3v) is 9.93. The summed E-state index contributed by atoms with van der Waals surface area (Å²) in [5.41, 5.74) is -0.158. The van der Waals surface area contributed by atoms with Crippen LogP contribution in [-0.2, 0) is 36.3 Å². The van der Waals surface area contributed by atoms with E-state index in [4.69, 9.17) is 18.9 Å². The van der Waals surface area contributed by atoms with Gasteiger partial charge in [-0.2, -0.15) is 4.31 Å². The molecule has 0 aliphatic carbocycles. The van der Waals surface area contributed by atoms with Crippen LogP contribution in [0.25, 0.3) is 0 Å². The summed E-state index contributed by atoms with van der Waals surface area (Å²) in [6.45, 7) is 2.41. The molecular formula is C30H36FNO7S. The molecule has 1 heterocycles. The van der Waals surface area contributed by atoms with Crippen molar-refractivity contribution in [1.82, 2.24) is 4.31 Å². The number of methoxy groups -OCH3 is 1. The van der Waals surface area contributed by atoms with Gasteiger partial charge in [0.2, 0.25) is 10.0 Å². The number of benzene rings is 3. The molecule has 3 unspecified atom stereocenters. The summed E-state index contributed by atoms with van der Waals surface area (Å²) >= 11 is 0. The van der Waals surface area contributed by atoms with Gasteiger partial charge in [-0.3, -0.25) is 0 Å². The second kappa shape index (κ2) is 12.8. The summed E-state index contributed by atoms with van der Waals surface area (Å²) in [5.74, 6) is -0.0192. The fraction of sp³-hybridized carbons (Fsp3) is 0.400.